The molecule has 0 atom stereocenters. The minimum atomic E-state index is -2.01. The number of nitrogens with zero attached hydrogens (tertiary/aromatic N) is 4. The summed E-state index contributed by atoms with van der Waals surface area (Å²) in [6.07, 6.45) is 6.94. The Kier molecular flexibility index (Phi) is 4.39. The molecular formula is C16H22N4O2S. The first-order chi connectivity index (χ1) is 10.9. The SMILES string of the molecule is CS(C)(=O)=NCC1CCN(c2ncnc3ccc(O)cc23)CC1. The third kappa shape index (κ3) is 3.90. The van der Waals surface area contributed by atoms with Gasteiger partial charge in [0, 0.05) is 40.7 Å². The van der Waals surface area contributed by atoms with Gasteiger partial charge in [0.2, 0.25) is 0 Å². The summed E-state index contributed by atoms with van der Waals surface area (Å²) in [5, 5.41) is 10.6. The number of aromatic hydroxyl groups is 1. The topological polar surface area (TPSA) is 78.7 Å². The van der Waals surface area contributed by atoms with E-state index < -0.39 is 9.73 Å². The van der Waals surface area contributed by atoms with Crippen LogP contribution in [0.5, 0.6) is 5.75 Å². The minimum Gasteiger partial charge on any atom is -0.508 e. The molecule has 0 aliphatic carbocycles. The monoisotopic (exact) mass is 334 g/mol. The van der Waals surface area contributed by atoms with Crippen LogP contribution < -0.4 is 4.90 Å². The summed E-state index contributed by atoms with van der Waals surface area (Å²) in [5.74, 6) is 1.58. The lowest BCUT2D eigenvalue weighted by atomic mass is 9.97. The molecule has 1 aliphatic heterocycles. The zero-order valence-corrected chi connectivity index (χ0v) is 14.3. The van der Waals surface area contributed by atoms with Gasteiger partial charge in [-0.05, 0) is 37.0 Å². The van der Waals surface area contributed by atoms with Crippen LogP contribution in [0.2, 0.25) is 0 Å². The van der Waals surface area contributed by atoms with Gasteiger partial charge in [0.15, 0.2) is 0 Å². The second kappa shape index (κ2) is 6.31. The summed E-state index contributed by atoms with van der Waals surface area (Å²) in [7, 11) is -2.01. The van der Waals surface area contributed by atoms with Crippen molar-refractivity contribution >= 4 is 26.4 Å². The van der Waals surface area contributed by atoms with Crippen LogP contribution >= 0.6 is 0 Å². The van der Waals surface area contributed by atoms with Gasteiger partial charge in [0.05, 0.1) is 12.1 Å². The molecule has 0 unspecified atom stereocenters. The summed E-state index contributed by atoms with van der Waals surface area (Å²) >= 11 is 0. The van der Waals surface area contributed by atoms with Crippen LogP contribution in [0.25, 0.3) is 10.9 Å². The Bertz CT molecular complexity index is 814. The second-order valence-corrected chi connectivity index (χ2v) is 8.94. The van der Waals surface area contributed by atoms with Crippen molar-refractivity contribution in [3.63, 3.8) is 0 Å². The van der Waals surface area contributed by atoms with E-state index >= 15 is 0 Å². The molecule has 7 heteroatoms. The summed E-state index contributed by atoms with van der Waals surface area (Å²) in [6.45, 7) is 2.44. The van der Waals surface area contributed by atoms with Gasteiger partial charge in [-0.2, -0.15) is 0 Å². The minimum absolute atomic E-state index is 0.225. The maximum absolute atomic E-state index is 11.7. The highest BCUT2D eigenvalue weighted by molar-refractivity contribution is 7.92. The van der Waals surface area contributed by atoms with Crippen LogP contribution in [0.1, 0.15) is 12.8 Å². The van der Waals surface area contributed by atoms with Crippen molar-refractivity contribution in [2.45, 2.75) is 12.8 Å². The van der Waals surface area contributed by atoms with E-state index in [9.17, 15) is 9.32 Å². The van der Waals surface area contributed by atoms with Crippen molar-refractivity contribution in [1.82, 2.24) is 9.97 Å². The Morgan fingerprint density at radius 3 is 2.74 bits per heavy atom. The van der Waals surface area contributed by atoms with Crippen molar-refractivity contribution in [2.75, 3.05) is 37.0 Å². The molecular weight excluding hydrogens is 312 g/mol. The van der Waals surface area contributed by atoms with E-state index in [2.05, 4.69) is 19.2 Å². The molecule has 2 heterocycles. The average Bonchev–Trinajstić information content (AvgIpc) is 2.52. The van der Waals surface area contributed by atoms with Gasteiger partial charge >= 0.3 is 0 Å². The Balaban J connectivity index is 1.76. The maximum atomic E-state index is 11.7. The number of aromatic nitrogens is 2. The van der Waals surface area contributed by atoms with Crippen molar-refractivity contribution in [2.24, 2.45) is 10.3 Å². The van der Waals surface area contributed by atoms with Crippen LogP contribution in [0.3, 0.4) is 0 Å². The summed E-state index contributed by atoms with van der Waals surface area (Å²) in [6, 6.07) is 5.16. The number of piperidine rings is 1. The van der Waals surface area contributed by atoms with Crippen LogP contribution in [-0.4, -0.2) is 51.4 Å². The molecule has 1 N–H and O–H groups in total. The maximum Gasteiger partial charge on any atom is 0.140 e. The number of benzene rings is 1. The molecule has 0 saturated carbocycles. The zero-order chi connectivity index (χ0) is 16.4. The van der Waals surface area contributed by atoms with Crippen LogP contribution in [0, 0.1) is 5.92 Å². The standard InChI is InChI=1S/C16H22N4O2S/c1-23(2,22)19-10-12-5-7-20(8-6-12)16-14-9-13(21)3-4-15(14)17-11-18-16/h3-4,9,11-12,21H,5-8,10H2,1-2H3. The van der Waals surface area contributed by atoms with Gasteiger partial charge < -0.3 is 10.0 Å². The highest BCUT2D eigenvalue weighted by atomic mass is 32.2. The van der Waals surface area contributed by atoms with E-state index in [1.165, 1.54) is 0 Å². The van der Waals surface area contributed by atoms with Gasteiger partial charge in [-0.1, -0.05) is 0 Å². The first-order valence-electron chi connectivity index (χ1n) is 7.74. The van der Waals surface area contributed by atoms with Gasteiger partial charge in [0.1, 0.15) is 17.9 Å². The van der Waals surface area contributed by atoms with Crippen molar-refractivity contribution in [1.29, 1.82) is 0 Å². The molecule has 3 rings (SSSR count). The zero-order valence-electron chi connectivity index (χ0n) is 13.5. The van der Waals surface area contributed by atoms with E-state index in [0.717, 1.165) is 42.7 Å². The lowest BCUT2D eigenvalue weighted by Crippen LogP contribution is -2.35. The van der Waals surface area contributed by atoms with Crippen LogP contribution in [0.4, 0.5) is 5.82 Å². The molecule has 0 radical (unpaired) electrons. The van der Waals surface area contributed by atoms with Gasteiger partial charge in [0.25, 0.3) is 0 Å². The highest BCUT2D eigenvalue weighted by Crippen LogP contribution is 2.29. The number of rotatable bonds is 3. The Morgan fingerprint density at radius 2 is 2.04 bits per heavy atom. The third-order valence-corrected chi connectivity index (χ3v) is 4.93. The normalized spacial score (nSPS) is 16.7. The number of hydrogen-bond donors (Lipinski definition) is 1. The molecule has 0 amide bonds. The third-order valence-electron chi connectivity index (χ3n) is 4.16. The van der Waals surface area contributed by atoms with Crippen molar-refractivity contribution in [3.8, 4) is 5.75 Å². The number of anilines is 1. The van der Waals surface area contributed by atoms with Gasteiger partial charge in [-0.15, -0.1) is 0 Å². The molecule has 124 valence electrons. The Morgan fingerprint density at radius 1 is 1.30 bits per heavy atom. The number of phenols is 1. The van der Waals surface area contributed by atoms with E-state index in [-0.39, 0.29) is 5.75 Å². The molecule has 0 bridgehead atoms. The molecule has 1 fully saturated rings. The van der Waals surface area contributed by atoms with Crippen molar-refractivity contribution in [3.05, 3.63) is 24.5 Å². The lowest BCUT2D eigenvalue weighted by molar-refractivity contribution is 0.415. The number of fused-ring (bicyclic) bond motifs is 1. The quantitative estimate of drug-likeness (QED) is 0.931. The molecule has 1 aromatic heterocycles. The molecule has 1 aliphatic rings. The molecule has 1 saturated heterocycles. The molecule has 0 spiro atoms. The number of hydrogen-bond acceptors (Lipinski definition) is 6. The Labute approximate surface area is 136 Å². The largest absolute Gasteiger partial charge is 0.508 e. The fourth-order valence-electron chi connectivity index (χ4n) is 2.90. The molecule has 6 nitrogen and oxygen atoms in total. The first kappa shape index (κ1) is 16.0. The average molecular weight is 334 g/mol. The molecule has 2 aromatic rings. The fourth-order valence-corrected chi connectivity index (χ4v) is 3.47. The van der Waals surface area contributed by atoms with E-state index in [1.807, 2.05) is 0 Å². The van der Waals surface area contributed by atoms with E-state index in [1.54, 1.807) is 37.0 Å². The van der Waals surface area contributed by atoms with Gasteiger partial charge in [-0.3, -0.25) is 4.21 Å². The van der Waals surface area contributed by atoms with Crippen molar-refractivity contribution < 1.29 is 9.32 Å². The first-order valence-corrected chi connectivity index (χ1v) is 10.1. The van der Waals surface area contributed by atoms with Crippen LogP contribution in [-0.2, 0) is 9.73 Å². The van der Waals surface area contributed by atoms with Crippen LogP contribution in [0.15, 0.2) is 28.9 Å². The molecule has 1 aromatic carbocycles. The lowest BCUT2D eigenvalue weighted by Gasteiger charge is -2.32. The fraction of sp³-hybridized carbons (Fsp3) is 0.500. The number of phenolic OH excluding ortho intramolecular Hbond substituents is 1. The second-order valence-electron chi connectivity index (χ2n) is 6.32. The highest BCUT2D eigenvalue weighted by Gasteiger charge is 2.21. The molecule has 23 heavy (non-hydrogen) atoms. The Hall–Kier alpha value is -1.89. The van der Waals surface area contributed by atoms with E-state index in [4.69, 9.17) is 0 Å². The summed E-state index contributed by atoms with van der Waals surface area (Å²) in [4.78, 5) is 10.9. The summed E-state index contributed by atoms with van der Waals surface area (Å²) < 4.78 is 16.0. The predicted molar refractivity (Wildman–Crippen MR) is 93.4 cm³/mol. The smallest absolute Gasteiger partial charge is 0.140 e. The van der Waals surface area contributed by atoms with E-state index in [0.29, 0.717) is 12.5 Å². The van der Waals surface area contributed by atoms with Gasteiger partial charge in [-0.25, -0.2) is 14.3 Å². The summed E-state index contributed by atoms with van der Waals surface area (Å²) in [5.41, 5.74) is 0.835. The predicted octanol–water partition coefficient (Wildman–Crippen LogP) is 2.28.